The third-order valence-electron chi connectivity index (χ3n) is 6.17. The van der Waals surface area contributed by atoms with E-state index in [-0.39, 0.29) is 5.91 Å². The SMILES string of the molecule is CCOc1cccc(-c2cc(C(=O)NN=Cc3ccc(OC)c(CSCc4ccco4)c3)c3ccccc3n2)c1. The van der Waals surface area contributed by atoms with E-state index in [4.69, 9.17) is 18.9 Å². The van der Waals surface area contributed by atoms with Crippen molar-refractivity contribution >= 4 is 34.8 Å². The van der Waals surface area contributed by atoms with E-state index in [0.29, 0.717) is 17.9 Å². The Bertz CT molecular complexity index is 1630. The van der Waals surface area contributed by atoms with Crippen molar-refractivity contribution in [3.63, 3.8) is 0 Å². The molecule has 3 aromatic carbocycles. The van der Waals surface area contributed by atoms with Gasteiger partial charge in [0.05, 0.1) is 48.7 Å². The van der Waals surface area contributed by atoms with Gasteiger partial charge in [0.25, 0.3) is 5.91 Å². The smallest absolute Gasteiger partial charge is 0.272 e. The predicted molar refractivity (Wildman–Crippen MR) is 160 cm³/mol. The first-order valence-corrected chi connectivity index (χ1v) is 14.0. The number of ether oxygens (including phenoxy) is 2. The Morgan fingerprint density at radius 2 is 1.93 bits per heavy atom. The fraction of sp³-hybridized carbons (Fsp3) is 0.156. The van der Waals surface area contributed by atoms with E-state index in [1.807, 2.05) is 85.8 Å². The topological polar surface area (TPSA) is 86.0 Å². The highest BCUT2D eigenvalue weighted by molar-refractivity contribution is 7.97. The van der Waals surface area contributed by atoms with Gasteiger partial charge in [-0.3, -0.25) is 4.79 Å². The molecule has 0 radical (unpaired) electrons. The molecule has 0 aliphatic heterocycles. The van der Waals surface area contributed by atoms with Crippen LogP contribution in [-0.2, 0) is 11.5 Å². The second-order valence-corrected chi connectivity index (χ2v) is 9.86. The molecule has 7 nitrogen and oxygen atoms in total. The molecule has 8 heteroatoms. The van der Waals surface area contributed by atoms with Crippen LogP contribution in [0.2, 0.25) is 0 Å². The molecule has 40 heavy (non-hydrogen) atoms. The second-order valence-electron chi connectivity index (χ2n) is 8.88. The van der Waals surface area contributed by atoms with E-state index in [9.17, 15) is 4.79 Å². The fourth-order valence-corrected chi connectivity index (χ4v) is 5.21. The summed E-state index contributed by atoms with van der Waals surface area (Å²) in [6.07, 6.45) is 3.31. The fourth-order valence-electron chi connectivity index (χ4n) is 4.30. The lowest BCUT2D eigenvalue weighted by atomic mass is 10.0. The van der Waals surface area contributed by atoms with Crippen LogP contribution >= 0.6 is 11.8 Å². The largest absolute Gasteiger partial charge is 0.496 e. The zero-order valence-corrected chi connectivity index (χ0v) is 23.1. The molecule has 0 unspecified atom stereocenters. The Balaban J connectivity index is 1.34. The van der Waals surface area contributed by atoms with Crippen LogP contribution in [0.4, 0.5) is 0 Å². The number of nitrogens with one attached hydrogen (secondary N) is 1. The number of pyridine rings is 1. The van der Waals surface area contributed by atoms with Gasteiger partial charge in [-0.15, -0.1) is 11.8 Å². The molecule has 2 aromatic heterocycles. The van der Waals surface area contributed by atoms with Gasteiger partial charge in [-0.05, 0) is 67.1 Å². The lowest BCUT2D eigenvalue weighted by Gasteiger charge is -2.10. The van der Waals surface area contributed by atoms with Gasteiger partial charge in [-0.1, -0.05) is 30.3 Å². The van der Waals surface area contributed by atoms with Crippen molar-refractivity contribution in [1.29, 1.82) is 0 Å². The van der Waals surface area contributed by atoms with Gasteiger partial charge in [0, 0.05) is 22.3 Å². The van der Waals surface area contributed by atoms with Gasteiger partial charge in [0.1, 0.15) is 17.3 Å². The minimum atomic E-state index is -0.320. The third-order valence-corrected chi connectivity index (χ3v) is 7.17. The number of hydrazone groups is 1. The summed E-state index contributed by atoms with van der Waals surface area (Å²) in [7, 11) is 1.66. The van der Waals surface area contributed by atoms with Crippen LogP contribution in [0.5, 0.6) is 11.5 Å². The summed E-state index contributed by atoms with van der Waals surface area (Å²) < 4.78 is 16.6. The normalized spacial score (nSPS) is 11.2. The van der Waals surface area contributed by atoms with E-state index in [1.165, 1.54) is 0 Å². The molecule has 0 bridgehead atoms. The highest BCUT2D eigenvalue weighted by Crippen LogP contribution is 2.28. The number of fused-ring (bicyclic) bond motifs is 1. The Hall–Kier alpha value is -4.56. The van der Waals surface area contributed by atoms with Gasteiger partial charge in [0.2, 0.25) is 0 Å². The van der Waals surface area contributed by atoms with Crippen molar-refractivity contribution in [2.24, 2.45) is 5.10 Å². The molecule has 202 valence electrons. The minimum absolute atomic E-state index is 0.320. The molecular weight excluding hydrogens is 522 g/mol. The van der Waals surface area contributed by atoms with E-state index in [1.54, 1.807) is 37.4 Å². The van der Waals surface area contributed by atoms with E-state index in [0.717, 1.165) is 56.4 Å². The Labute approximate surface area is 237 Å². The van der Waals surface area contributed by atoms with Crippen LogP contribution in [0, 0.1) is 0 Å². The number of furan rings is 1. The lowest BCUT2D eigenvalue weighted by molar-refractivity contribution is 0.0956. The zero-order chi connectivity index (χ0) is 27.7. The summed E-state index contributed by atoms with van der Waals surface area (Å²) in [6, 6.07) is 26.7. The summed E-state index contributed by atoms with van der Waals surface area (Å²) in [5, 5.41) is 5.01. The molecule has 5 rings (SSSR count). The molecule has 0 saturated carbocycles. The summed E-state index contributed by atoms with van der Waals surface area (Å²) in [4.78, 5) is 18.1. The average Bonchev–Trinajstić information content (AvgIpc) is 3.51. The van der Waals surface area contributed by atoms with Gasteiger partial charge >= 0.3 is 0 Å². The van der Waals surface area contributed by atoms with Crippen LogP contribution in [0.3, 0.4) is 0 Å². The molecular formula is C32H29N3O4S. The van der Waals surface area contributed by atoms with Gasteiger partial charge in [0.15, 0.2) is 0 Å². The second kappa shape index (κ2) is 13.0. The molecule has 0 aliphatic carbocycles. The van der Waals surface area contributed by atoms with E-state index in [2.05, 4.69) is 10.5 Å². The van der Waals surface area contributed by atoms with Crippen LogP contribution in [0.1, 0.15) is 34.2 Å². The number of methoxy groups -OCH3 is 1. The molecule has 0 saturated heterocycles. The summed E-state index contributed by atoms with van der Waals surface area (Å²) >= 11 is 1.73. The Kier molecular flexibility index (Phi) is 8.78. The van der Waals surface area contributed by atoms with Crippen LogP contribution < -0.4 is 14.9 Å². The Morgan fingerprint density at radius 3 is 2.75 bits per heavy atom. The standard InChI is InChI=1S/C32H29N3O4S/c1-3-38-25-9-6-8-23(17-25)30-18-28(27-11-4-5-12-29(27)34-30)32(36)35-33-19-22-13-14-31(37-2)24(16-22)20-40-21-26-10-7-15-39-26/h4-19H,3,20-21H2,1-2H3,(H,35,36). The number of aromatic nitrogens is 1. The number of hydrogen-bond donors (Lipinski definition) is 1. The monoisotopic (exact) mass is 551 g/mol. The van der Waals surface area contributed by atoms with Crippen molar-refractivity contribution in [3.8, 4) is 22.8 Å². The first kappa shape index (κ1) is 27.0. The summed E-state index contributed by atoms with van der Waals surface area (Å²) in [5.74, 6) is 3.68. The average molecular weight is 552 g/mol. The molecule has 1 amide bonds. The van der Waals surface area contributed by atoms with Gasteiger partial charge < -0.3 is 13.9 Å². The number of carbonyl (C=O) groups is 1. The van der Waals surface area contributed by atoms with Crippen molar-refractivity contribution < 1.29 is 18.7 Å². The molecule has 2 heterocycles. The number of para-hydroxylation sites is 1. The zero-order valence-electron chi connectivity index (χ0n) is 22.3. The predicted octanol–water partition coefficient (Wildman–Crippen LogP) is 7.10. The number of amides is 1. The van der Waals surface area contributed by atoms with Gasteiger partial charge in [-0.25, -0.2) is 10.4 Å². The van der Waals surface area contributed by atoms with Gasteiger partial charge in [-0.2, -0.15) is 5.10 Å². The highest BCUT2D eigenvalue weighted by atomic mass is 32.2. The summed E-state index contributed by atoms with van der Waals surface area (Å²) in [6.45, 7) is 2.51. The first-order chi connectivity index (χ1) is 19.6. The molecule has 0 atom stereocenters. The molecule has 0 spiro atoms. The number of benzene rings is 3. The molecule has 0 aliphatic rings. The van der Waals surface area contributed by atoms with Crippen molar-refractivity contribution in [2.75, 3.05) is 13.7 Å². The molecule has 5 aromatic rings. The number of hydrogen-bond acceptors (Lipinski definition) is 7. The molecule has 0 fully saturated rings. The van der Waals surface area contributed by atoms with Crippen molar-refractivity contribution in [1.82, 2.24) is 10.4 Å². The Morgan fingerprint density at radius 1 is 1.02 bits per heavy atom. The van der Waals surface area contributed by atoms with E-state index >= 15 is 0 Å². The highest BCUT2D eigenvalue weighted by Gasteiger charge is 2.14. The molecule has 1 N–H and O–H groups in total. The van der Waals surface area contributed by atoms with Crippen molar-refractivity contribution in [2.45, 2.75) is 18.4 Å². The maximum atomic E-state index is 13.3. The minimum Gasteiger partial charge on any atom is -0.496 e. The number of carbonyl (C=O) groups excluding carboxylic acids is 1. The van der Waals surface area contributed by atoms with Crippen LogP contribution in [0.15, 0.2) is 101 Å². The quantitative estimate of drug-likeness (QED) is 0.139. The number of thioether (sulfide) groups is 1. The maximum Gasteiger partial charge on any atom is 0.272 e. The third kappa shape index (κ3) is 6.52. The van der Waals surface area contributed by atoms with Crippen molar-refractivity contribution in [3.05, 3.63) is 114 Å². The van der Waals surface area contributed by atoms with E-state index < -0.39 is 0 Å². The maximum absolute atomic E-state index is 13.3. The van der Waals surface area contributed by atoms with Crippen LogP contribution in [0.25, 0.3) is 22.2 Å². The summed E-state index contributed by atoms with van der Waals surface area (Å²) in [5.41, 5.74) is 7.34. The number of rotatable bonds is 11. The lowest BCUT2D eigenvalue weighted by Crippen LogP contribution is -2.18. The number of nitrogens with zero attached hydrogens (tertiary/aromatic N) is 2. The first-order valence-electron chi connectivity index (χ1n) is 12.9. The van der Waals surface area contributed by atoms with Crippen LogP contribution in [-0.4, -0.2) is 30.8 Å².